The highest BCUT2D eigenvalue weighted by Crippen LogP contribution is 2.51. The lowest BCUT2D eigenvalue weighted by Gasteiger charge is -2.47. The largest absolute Gasteiger partial charge is 0.0654 e. The van der Waals surface area contributed by atoms with Gasteiger partial charge < -0.3 is 0 Å². The molecular weight excluding hydrogens is 312 g/mol. The van der Waals surface area contributed by atoms with Crippen LogP contribution < -0.4 is 0 Å². The van der Waals surface area contributed by atoms with Gasteiger partial charge >= 0.3 is 0 Å². The maximum absolute atomic E-state index is 2.54. The summed E-state index contributed by atoms with van der Waals surface area (Å²) in [4.78, 5) is 0. The smallest absolute Gasteiger partial charge is 0.0251 e. The van der Waals surface area contributed by atoms with Gasteiger partial charge in [0.2, 0.25) is 0 Å². The quantitative estimate of drug-likeness (QED) is 0.287. The second-order valence-electron chi connectivity index (χ2n) is 11.3. The summed E-state index contributed by atoms with van der Waals surface area (Å²) < 4.78 is 0. The minimum atomic E-state index is 0.407. The van der Waals surface area contributed by atoms with Gasteiger partial charge in [0.25, 0.3) is 0 Å². The Morgan fingerprint density at radius 2 is 1.27 bits per heavy atom. The molecule has 0 aromatic heterocycles. The molecule has 0 N–H and O–H groups in total. The van der Waals surface area contributed by atoms with Gasteiger partial charge in [0.05, 0.1) is 0 Å². The minimum Gasteiger partial charge on any atom is -0.0654 e. The first-order chi connectivity index (χ1) is 11.9. The zero-order valence-corrected chi connectivity index (χ0v) is 20.4. The fourth-order valence-electron chi connectivity index (χ4n) is 4.93. The van der Waals surface area contributed by atoms with Crippen LogP contribution in [0.2, 0.25) is 0 Å². The van der Waals surface area contributed by atoms with Gasteiger partial charge in [-0.3, -0.25) is 0 Å². The van der Waals surface area contributed by atoms with Crippen molar-refractivity contribution in [2.24, 2.45) is 28.1 Å². The highest BCUT2D eigenvalue weighted by atomic mass is 14.5. The van der Waals surface area contributed by atoms with Crippen LogP contribution in [0.3, 0.4) is 0 Å². The standard InChI is InChI=1S/C26H54/c1-11-18-25(10,12-2)20-21-26(13-3,24(7,8)9)19-14-15-23(6)17-16-22(4)5/h22-23H,11-21H2,1-10H3. The van der Waals surface area contributed by atoms with Crippen molar-refractivity contribution >= 4 is 0 Å². The van der Waals surface area contributed by atoms with Crippen molar-refractivity contribution in [2.45, 2.75) is 140 Å². The van der Waals surface area contributed by atoms with E-state index in [1.165, 1.54) is 70.6 Å². The van der Waals surface area contributed by atoms with Gasteiger partial charge in [-0.15, -0.1) is 0 Å². The van der Waals surface area contributed by atoms with Gasteiger partial charge in [-0.25, -0.2) is 0 Å². The predicted molar refractivity (Wildman–Crippen MR) is 122 cm³/mol. The Labute approximate surface area is 168 Å². The van der Waals surface area contributed by atoms with Crippen molar-refractivity contribution in [1.82, 2.24) is 0 Å². The van der Waals surface area contributed by atoms with Crippen LogP contribution in [0, 0.1) is 28.1 Å². The molecule has 0 aromatic rings. The Morgan fingerprint density at radius 3 is 1.69 bits per heavy atom. The second kappa shape index (κ2) is 11.8. The summed E-state index contributed by atoms with van der Waals surface area (Å²) in [6, 6.07) is 0. The Balaban J connectivity index is 4.89. The fraction of sp³-hybridized carbons (Fsp3) is 1.00. The summed E-state index contributed by atoms with van der Waals surface area (Å²) in [7, 11) is 0. The van der Waals surface area contributed by atoms with E-state index >= 15 is 0 Å². The zero-order valence-electron chi connectivity index (χ0n) is 20.4. The topological polar surface area (TPSA) is 0 Å². The molecule has 0 heterocycles. The summed E-state index contributed by atoms with van der Waals surface area (Å²) in [6.45, 7) is 24.4. The average Bonchev–Trinajstić information content (AvgIpc) is 2.55. The molecule has 0 aliphatic carbocycles. The molecule has 0 aliphatic heterocycles. The maximum Gasteiger partial charge on any atom is -0.0251 e. The van der Waals surface area contributed by atoms with Crippen molar-refractivity contribution < 1.29 is 0 Å². The third-order valence-corrected chi connectivity index (χ3v) is 7.77. The Kier molecular flexibility index (Phi) is 11.8. The van der Waals surface area contributed by atoms with Gasteiger partial charge in [0, 0.05) is 0 Å². The van der Waals surface area contributed by atoms with E-state index in [2.05, 4.69) is 69.2 Å². The van der Waals surface area contributed by atoms with E-state index in [9.17, 15) is 0 Å². The van der Waals surface area contributed by atoms with Crippen LogP contribution in [0.4, 0.5) is 0 Å². The van der Waals surface area contributed by atoms with Crippen LogP contribution in [0.1, 0.15) is 140 Å². The zero-order chi connectivity index (χ0) is 20.4. The normalized spacial score (nSPS) is 18.6. The molecule has 0 bridgehead atoms. The molecule has 0 heteroatoms. The predicted octanol–water partition coefficient (Wildman–Crippen LogP) is 9.67. The second-order valence-corrected chi connectivity index (χ2v) is 11.3. The van der Waals surface area contributed by atoms with E-state index in [1.807, 2.05) is 0 Å². The molecule has 0 aliphatic rings. The molecule has 0 aromatic carbocycles. The highest BCUT2D eigenvalue weighted by Gasteiger charge is 2.40. The molecule has 0 fully saturated rings. The molecular formula is C26H54. The number of hydrogen-bond acceptors (Lipinski definition) is 0. The summed E-state index contributed by atoms with van der Waals surface area (Å²) in [5.74, 6) is 1.75. The fourth-order valence-corrected chi connectivity index (χ4v) is 4.93. The number of hydrogen-bond donors (Lipinski definition) is 0. The van der Waals surface area contributed by atoms with Crippen LogP contribution in [-0.2, 0) is 0 Å². The van der Waals surface area contributed by atoms with Gasteiger partial charge in [-0.05, 0) is 60.2 Å². The van der Waals surface area contributed by atoms with Gasteiger partial charge in [-0.2, -0.15) is 0 Å². The van der Waals surface area contributed by atoms with E-state index in [0.717, 1.165) is 11.8 Å². The highest BCUT2D eigenvalue weighted by molar-refractivity contribution is 4.91. The first-order valence-corrected chi connectivity index (χ1v) is 11.9. The maximum atomic E-state index is 2.54. The van der Waals surface area contributed by atoms with Crippen molar-refractivity contribution in [3.8, 4) is 0 Å². The van der Waals surface area contributed by atoms with Crippen molar-refractivity contribution in [3.05, 3.63) is 0 Å². The van der Waals surface area contributed by atoms with E-state index in [4.69, 9.17) is 0 Å². The van der Waals surface area contributed by atoms with Gasteiger partial charge in [0.15, 0.2) is 0 Å². The molecule has 0 nitrogen and oxygen atoms in total. The van der Waals surface area contributed by atoms with Crippen molar-refractivity contribution in [3.63, 3.8) is 0 Å². The third kappa shape index (κ3) is 8.79. The van der Waals surface area contributed by atoms with Crippen LogP contribution in [0.25, 0.3) is 0 Å². The Bertz CT molecular complexity index is 348. The van der Waals surface area contributed by atoms with Crippen LogP contribution >= 0.6 is 0 Å². The van der Waals surface area contributed by atoms with Gasteiger partial charge in [-0.1, -0.05) is 108 Å². The molecule has 0 spiro atoms. The first-order valence-electron chi connectivity index (χ1n) is 11.9. The first kappa shape index (κ1) is 26.0. The monoisotopic (exact) mass is 366 g/mol. The summed E-state index contributed by atoms with van der Waals surface area (Å²) in [5.41, 5.74) is 1.46. The lowest BCUT2D eigenvalue weighted by molar-refractivity contribution is 0.0347. The van der Waals surface area contributed by atoms with E-state index in [-0.39, 0.29) is 0 Å². The SMILES string of the molecule is CCCC(C)(CC)CCC(CC)(CCCC(C)CCC(C)C)C(C)(C)C. The van der Waals surface area contributed by atoms with E-state index in [1.54, 1.807) is 0 Å². The lowest BCUT2D eigenvalue weighted by Crippen LogP contribution is -2.37. The molecule has 0 radical (unpaired) electrons. The molecule has 3 unspecified atom stereocenters. The summed E-state index contributed by atoms with van der Waals surface area (Å²) in [6.07, 6.45) is 15.3. The molecule has 0 saturated heterocycles. The Hall–Kier alpha value is 0. The molecule has 26 heavy (non-hydrogen) atoms. The lowest BCUT2D eigenvalue weighted by atomic mass is 9.58. The van der Waals surface area contributed by atoms with E-state index < -0.39 is 0 Å². The molecule has 0 rings (SSSR count). The molecule has 158 valence electrons. The Morgan fingerprint density at radius 1 is 0.654 bits per heavy atom. The molecule has 0 amide bonds. The summed E-state index contributed by atoms with van der Waals surface area (Å²) >= 11 is 0. The third-order valence-electron chi connectivity index (χ3n) is 7.77. The van der Waals surface area contributed by atoms with Crippen LogP contribution in [0.15, 0.2) is 0 Å². The summed E-state index contributed by atoms with van der Waals surface area (Å²) in [5, 5.41) is 0. The average molecular weight is 367 g/mol. The van der Waals surface area contributed by atoms with Crippen LogP contribution in [-0.4, -0.2) is 0 Å². The molecule has 0 saturated carbocycles. The minimum absolute atomic E-state index is 0.407. The van der Waals surface area contributed by atoms with Crippen molar-refractivity contribution in [1.29, 1.82) is 0 Å². The van der Waals surface area contributed by atoms with Crippen molar-refractivity contribution in [2.75, 3.05) is 0 Å². The van der Waals surface area contributed by atoms with Gasteiger partial charge in [0.1, 0.15) is 0 Å². The molecule has 3 atom stereocenters. The van der Waals surface area contributed by atoms with Crippen LogP contribution in [0.5, 0.6) is 0 Å². The number of rotatable bonds is 14. The van der Waals surface area contributed by atoms with E-state index in [0.29, 0.717) is 16.2 Å².